The first-order valence-corrected chi connectivity index (χ1v) is 9.09. The Hall–Kier alpha value is -0.860. The lowest BCUT2D eigenvalue weighted by atomic mass is 9.96. The summed E-state index contributed by atoms with van der Waals surface area (Å²) in [4.78, 5) is 4.31. The molecule has 2 aliphatic rings. The van der Waals surface area contributed by atoms with Crippen LogP contribution in [-0.4, -0.2) is 51.0 Å². The molecule has 3 atom stereocenters. The highest BCUT2D eigenvalue weighted by Crippen LogP contribution is 2.34. The second-order valence-electron chi connectivity index (χ2n) is 6.56. The summed E-state index contributed by atoms with van der Waals surface area (Å²) in [5.74, 6) is 0.875. The summed E-state index contributed by atoms with van der Waals surface area (Å²) in [7, 11) is 1.82. The van der Waals surface area contributed by atoms with E-state index in [0.717, 1.165) is 45.0 Å². The Kier molecular flexibility index (Phi) is 8.98. The third kappa shape index (κ3) is 6.42. The fourth-order valence-corrected chi connectivity index (χ4v) is 3.48. The number of hydrogen-bond donors (Lipinski definition) is 2. The average Bonchev–Trinajstić information content (AvgIpc) is 3.23. The lowest BCUT2D eigenvalue weighted by molar-refractivity contribution is 0.0992. The van der Waals surface area contributed by atoms with Crippen molar-refractivity contribution in [2.24, 2.45) is 4.99 Å². The summed E-state index contributed by atoms with van der Waals surface area (Å²) in [6.45, 7) is 2.42. The number of benzene rings is 1. The largest absolute Gasteiger partial charge is 0.381 e. The zero-order valence-corrected chi connectivity index (χ0v) is 17.3. The van der Waals surface area contributed by atoms with Gasteiger partial charge in [-0.15, -0.1) is 24.0 Å². The molecule has 2 fully saturated rings. The number of halogens is 1. The fraction of sp³-hybridized carbons (Fsp3) is 0.632. The van der Waals surface area contributed by atoms with E-state index in [2.05, 4.69) is 39.9 Å². The lowest BCUT2D eigenvalue weighted by Crippen LogP contribution is -2.47. The third-order valence-electron chi connectivity index (χ3n) is 4.79. The number of nitrogens with one attached hydrogen (secondary N) is 2. The van der Waals surface area contributed by atoms with Crippen LogP contribution in [0.3, 0.4) is 0 Å². The molecule has 0 aromatic heterocycles. The number of guanidine groups is 1. The fourth-order valence-electron chi connectivity index (χ4n) is 3.48. The molecule has 0 amide bonds. The summed E-state index contributed by atoms with van der Waals surface area (Å²) < 4.78 is 11.6. The minimum atomic E-state index is 0. The maximum absolute atomic E-state index is 5.87. The van der Waals surface area contributed by atoms with E-state index in [0.29, 0.717) is 18.2 Å². The van der Waals surface area contributed by atoms with E-state index >= 15 is 0 Å². The van der Waals surface area contributed by atoms with Crippen molar-refractivity contribution in [1.29, 1.82) is 0 Å². The molecule has 3 unspecified atom stereocenters. The molecule has 1 aromatic carbocycles. The quantitative estimate of drug-likeness (QED) is 0.272. The molecule has 3 rings (SSSR count). The first-order chi connectivity index (χ1) is 11.8. The van der Waals surface area contributed by atoms with Crippen molar-refractivity contribution in [3.8, 4) is 0 Å². The smallest absolute Gasteiger partial charge is 0.191 e. The highest BCUT2D eigenvalue weighted by molar-refractivity contribution is 14.0. The minimum absolute atomic E-state index is 0. The predicted octanol–water partition coefficient (Wildman–Crippen LogP) is 2.74. The van der Waals surface area contributed by atoms with Crippen LogP contribution in [0.25, 0.3) is 0 Å². The number of rotatable bonds is 8. The van der Waals surface area contributed by atoms with E-state index in [1.165, 1.54) is 18.4 Å². The standard InChI is InChI=1S/C19H29N3O2.HI/c1-20-19(22-17-14-16-8-9-18(17)24-16)21-11-5-12-23-13-10-15-6-3-2-4-7-15;/h2-4,6-7,16-18H,5,8-14H2,1H3,(H2,20,21,22);1H. The average molecular weight is 459 g/mol. The van der Waals surface area contributed by atoms with Crippen LogP contribution in [0.4, 0.5) is 0 Å². The van der Waals surface area contributed by atoms with E-state index in [-0.39, 0.29) is 24.0 Å². The Labute approximate surface area is 168 Å². The summed E-state index contributed by atoms with van der Waals surface area (Å²) in [6, 6.07) is 10.9. The molecule has 0 radical (unpaired) electrons. The van der Waals surface area contributed by atoms with Gasteiger partial charge in [-0.3, -0.25) is 4.99 Å². The Morgan fingerprint density at radius 1 is 1.24 bits per heavy atom. The van der Waals surface area contributed by atoms with Crippen LogP contribution in [0.2, 0.25) is 0 Å². The summed E-state index contributed by atoms with van der Waals surface area (Å²) >= 11 is 0. The number of aliphatic imine (C=N–C) groups is 1. The van der Waals surface area contributed by atoms with Gasteiger partial charge in [-0.2, -0.15) is 0 Å². The Balaban J connectivity index is 0.00000225. The molecule has 0 aliphatic carbocycles. The summed E-state index contributed by atoms with van der Waals surface area (Å²) in [5, 5.41) is 6.86. The van der Waals surface area contributed by atoms with E-state index in [9.17, 15) is 0 Å². The van der Waals surface area contributed by atoms with E-state index in [1.54, 1.807) is 0 Å². The molecule has 2 bridgehead atoms. The van der Waals surface area contributed by atoms with Gasteiger partial charge in [-0.1, -0.05) is 30.3 Å². The third-order valence-corrected chi connectivity index (χ3v) is 4.79. The van der Waals surface area contributed by atoms with Crippen LogP contribution in [-0.2, 0) is 15.9 Å². The van der Waals surface area contributed by atoms with Gasteiger partial charge in [0.1, 0.15) is 0 Å². The van der Waals surface area contributed by atoms with Crippen LogP contribution in [0.5, 0.6) is 0 Å². The zero-order valence-electron chi connectivity index (χ0n) is 14.9. The van der Waals surface area contributed by atoms with Gasteiger partial charge in [-0.05, 0) is 37.7 Å². The van der Waals surface area contributed by atoms with Gasteiger partial charge in [0, 0.05) is 20.2 Å². The van der Waals surface area contributed by atoms with Crippen molar-refractivity contribution in [3.63, 3.8) is 0 Å². The van der Waals surface area contributed by atoms with Crippen LogP contribution >= 0.6 is 24.0 Å². The predicted molar refractivity (Wildman–Crippen MR) is 112 cm³/mol. The van der Waals surface area contributed by atoms with Crippen LogP contribution in [0.1, 0.15) is 31.2 Å². The SMILES string of the molecule is CN=C(NCCCOCCc1ccccc1)NC1CC2CCC1O2.I. The molecule has 1 aromatic rings. The van der Waals surface area contributed by atoms with Crippen LogP contribution in [0.15, 0.2) is 35.3 Å². The molecule has 2 saturated heterocycles. The van der Waals surface area contributed by atoms with Crippen molar-refractivity contribution in [2.75, 3.05) is 26.8 Å². The Morgan fingerprint density at radius 2 is 2.08 bits per heavy atom. The number of fused-ring (bicyclic) bond motifs is 2. The highest BCUT2D eigenvalue weighted by Gasteiger charge is 2.41. The van der Waals surface area contributed by atoms with Crippen molar-refractivity contribution in [1.82, 2.24) is 10.6 Å². The molecule has 0 spiro atoms. The van der Waals surface area contributed by atoms with Crippen LogP contribution in [0, 0.1) is 0 Å². The Bertz CT molecular complexity index is 527. The van der Waals surface area contributed by atoms with Gasteiger partial charge < -0.3 is 20.1 Å². The molecule has 0 saturated carbocycles. The Morgan fingerprint density at radius 3 is 2.76 bits per heavy atom. The van der Waals surface area contributed by atoms with Gasteiger partial charge in [0.2, 0.25) is 0 Å². The number of hydrogen-bond acceptors (Lipinski definition) is 3. The van der Waals surface area contributed by atoms with Gasteiger partial charge in [0.25, 0.3) is 0 Å². The maximum Gasteiger partial charge on any atom is 0.191 e. The first kappa shape index (κ1) is 20.5. The second-order valence-corrected chi connectivity index (χ2v) is 6.56. The van der Waals surface area contributed by atoms with E-state index in [1.807, 2.05) is 13.1 Å². The summed E-state index contributed by atoms with van der Waals surface area (Å²) in [5.41, 5.74) is 1.33. The highest BCUT2D eigenvalue weighted by atomic mass is 127. The van der Waals surface area contributed by atoms with Crippen molar-refractivity contribution < 1.29 is 9.47 Å². The second kappa shape index (κ2) is 11.0. The molecular formula is C19H30IN3O2. The molecule has 2 aliphatic heterocycles. The van der Waals surface area contributed by atoms with Crippen molar-refractivity contribution in [2.45, 2.75) is 50.4 Å². The van der Waals surface area contributed by atoms with Gasteiger partial charge in [0.05, 0.1) is 24.9 Å². The normalized spacial score (nSPS) is 24.8. The minimum Gasteiger partial charge on any atom is -0.381 e. The van der Waals surface area contributed by atoms with Gasteiger partial charge in [-0.25, -0.2) is 0 Å². The topological polar surface area (TPSA) is 54.9 Å². The van der Waals surface area contributed by atoms with Crippen molar-refractivity contribution in [3.05, 3.63) is 35.9 Å². The first-order valence-electron chi connectivity index (χ1n) is 9.09. The maximum atomic E-state index is 5.87. The van der Waals surface area contributed by atoms with E-state index < -0.39 is 0 Å². The van der Waals surface area contributed by atoms with Gasteiger partial charge in [0.15, 0.2) is 5.96 Å². The van der Waals surface area contributed by atoms with Crippen molar-refractivity contribution >= 4 is 29.9 Å². The molecule has 140 valence electrons. The lowest BCUT2D eigenvalue weighted by Gasteiger charge is -2.22. The number of ether oxygens (including phenoxy) is 2. The van der Waals surface area contributed by atoms with Gasteiger partial charge >= 0.3 is 0 Å². The molecule has 6 heteroatoms. The zero-order chi connectivity index (χ0) is 16.6. The molecule has 25 heavy (non-hydrogen) atoms. The van der Waals surface area contributed by atoms with Crippen LogP contribution < -0.4 is 10.6 Å². The molecule has 2 N–H and O–H groups in total. The molecule has 2 heterocycles. The van der Waals surface area contributed by atoms with E-state index in [4.69, 9.17) is 9.47 Å². The summed E-state index contributed by atoms with van der Waals surface area (Å²) in [6.07, 6.45) is 6.28. The molecular weight excluding hydrogens is 429 g/mol. The monoisotopic (exact) mass is 459 g/mol. The molecule has 5 nitrogen and oxygen atoms in total. The number of nitrogens with zero attached hydrogens (tertiary/aromatic N) is 1.